The molecule has 0 aliphatic heterocycles. The summed E-state index contributed by atoms with van der Waals surface area (Å²) >= 11 is 0. The molecule has 0 aliphatic carbocycles. The summed E-state index contributed by atoms with van der Waals surface area (Å²) in [5, 5.41) is 15.6. The van der Waals surface area contributed by atoms with Crippen LogP contribution in [0.15, 0.2) is 36.8 Å². The van der Waals surface area contributed by atoms with Crippen LogP contribution >= 0.6 is 0 Å². The molecule has 1 aromatic carbocycles. The number of hydrogen-bond acceptors (Lipinski definition) is 4. The van der Waals surface area contributed by atoms with Crippen molar-refractivity contribution in [3.8, 4) is 0 Å². The van der Waals surface area contributed by atoms with E-state index in [2.05, 4.69) is 10.1 Å². The second-order valence-corrected chi connectivity index (χ2v) is 4.21. The Hall–Kier alpha value is -2.70. The van der Waals surface area contributed by atoms with Crippen molar-refractivity contribution in [3.63, 3.8) is 0 Å². The normalized spacial score (nSPS) is 11.0. The van der Waals surface area contributed by atoms with E-state index in [0.717, 1.165) is 11.3 Å². The third-order valence-electron chi connectivity index (χ3n) is 3.10. The lowest BCUT2D eigenvalue weighted by atomic mass is 10.2. The number of hydrogen-bond donors (Lipinski definition) is 0. The van der Waals surface area contributed by atoms with Gasteiger partial charge in [-0.3, -0.25) is 14.8 Å². The van der Waals surface area contributed by atoms with E-state index in [0.29, 0.717) is 11.9 Å². The van der Waals surface area contributed by atoms with E-state index in [1.165, 1.54) is 12.4 Å². The first-order chi connectivity index (χ1) is 9.16. The Morgan fingerprint density at radius 1 is 1.37 bits per heavy atom. The van der Waals surface area contributed by atoms with Crippen LogP contribution < -0.4 is 0 Å². The smallest absolute Gasteiger partial charge is 0.278 e. The van der Waals surface area contributed by atoms with E-state index in [1.54, 1.807) is 16.8 Å². The highest BCUT2D eigenvalue weighted by atomic mass is 16.6. The summed E-state index contributed by atoms with van der Waals surface area (Å²) in [6.45, 7) is 0.529. The summed E-state index contributed by atoms with van der Waals surface area (Å²) in [5.41, 5.74) is 0.936. The molecule has 0 aliphatic rings. The lowest BCUT2D eigenvalue weighted by molar-refractivity contribution is -0.383. The molecule has 0 atom stereocenters. The van der Waals surface area contributed by atoms with E-state index in [4.69, 9.17) is 0 Å². The number of nitrogens with zero attached hydrogens (tertiary/aromatic N) is 5. The van der Waals surface area contributed by atoms with Crippen molar-refractivity contribution in [1.82, 2.24) is 19.3 Å². The van der Waals surface area contributed by atoms with Crippen molar-refractivity contribution in [2.24, 2.45) is 7.05 Å². The highest BCUT2D eigenvalue weighted by molar-refractivity contribution is 5.89. The fourth-order valence-electron chi connectivity index (χ4n) is 2.12. The molecule has 2 aromatic heterocycles. The molecule has 0 saturated heterocycles. The average Bonchev–Trinajstić information content (AvgIpc) is 2.97. The molecule has 0 spiro atoms. The fraction of sp³-hybridized carbons (Fsp3) is 0.167. The van der Waals surface area contributed by atoms with Crippen LogP contribution in [0.1, 0.15) is 5.82 Å². The predicted molar refractivity (Wildman–Crippen MR) is 68.7 cm³/mol. The van der Waals surface area contributed by atoms with E-state index in [9.17, 15) is 10.1 Å². The first-order valence-electron chi connectivity index (χ1n) is 5.72. The van der Waals surface area contributed by atoms with Crippen molar-refractivity contribution in [1.29, 1.82) is 0 Å². The monoisotopic (exact) mass is 257 g/mol. The van der Waals surface area contributed by atoms with Crippen LogP contribution in [-0.4, -0.2) is 24.3 Å². The zero-order valence-electron chi connectivity index (χ0n) is 10.2. The van der Waals surface area contributed by atoms with E-state index < -0.39 is 0 Å². The third-order valence-corrected chi connectivity index (χ3v) is 3.10. The molecule has 0 amide bonds. The maximum atomic E-state index is 11.0. The quantitative estimate of drug-likeness (QED) is 0.528. The van der Waals surface area contributed by atoms with Crippen LogP contribution in [0.5, 0.6) is 0 Å². The molecule has 0 saturated carbocycles. The van der Waals surface area contributed by atoms with Gasteiger partial charge in [0, 0.05) is 19.3 Å². The molecule has 19 heavy (non-hydrogen) atoms. The SMILES string of the molecule is Cn1ncnc1Cn1ccc2c([N+](=O)[O-])cccc21. The minimum Gasteiger partial charge on any atom is -0.340 e. The van der Waals surface area contributed by atoms with Crippen molar-refractivity contribution >= 4 is 16.6 Å². The van der Waals surface area contributed by atoms with Gasteiger partial charge in [0.2, 0.25) is 0 Å². The minimum atomic E-state index is -0.366. The van der Waals surface area contributed by atoms with Gasteiger partial charge in [-0.25, -0.2) is 4.98 Å². The molecule has 0 N–H and O–H groups in total. The van der Waals surface area contributed by atoms with Gasteiger partial charge < -0.3 is 4.57 Å². The number of aromatic nitrogens is 4. The molecule has 0 radical (unpaired) electrons. The molecule has 3 aromatic rings. The zero-order chi connectivity index (χ0) is 13.4. The van der Waals surface area contributed by atoms with Crippen molar-refractivity contribution < 1.29 is 4.92 Å². The number of fused-ring (bicyclic) bond motifs is 1. The van der Waals surface area contributed by atoms with Crippen LogP contribution in [0.4, 0.5) is 5.69 Å². The second-order valence-electron chi connectivity index (χ2n) is 4.21. The highest BCUT2D eigenvalue weighted by Gasteiger charge is 2.14. The Kier molecular flexibility index (Phi) is 2.52. The molecule has 2 heterocycles. The van der Waals surface area contributed by atoms with Crippen LogP contribution in [0.3, 0.4) is 0 Å². The maximum absolute atomic E-state index is 11.0. The maximum Gasteiger partial charge on any atom is 0.278 e. The van der Waals surface area contributed by atoms with Crippen molar-refractivity contribution in [2.45, 2.75) is 6.54 Å². The zero-order valence-corrected chi connectivity index (χ0v) is 10.2. The molecule has 0 fully saturated rings. The van der Waals surface area contributed by atoms with Gasteiger partial charge in [0.15, 0.2) is 0 Å². The van der Waals surface area contributed by atoms with Gasteiger partial charge in [-0.15, -0.1) is 0 Å². The van der Waals surface area contributed by atoms with Gasteiger partial charge >= 0.3 is 0 Å². The van der Waals surface area contributed by atoms with E-state index >= 15 is 0 Å². The summed E-state index contributed by atoms with van der Waals surface area (Å²) in [6, 6.07) is 6.81. The highest BCUT2D eigenvalue weighted by Crippen LogP contribution is 2.26. The van der Waals surface area contributed by atoms with Crippen LogP contribution in [0.2, 0.25) is 0 Å². The van der Waals surface area contributed by atoms with Gasteiger partial charge in [-0.2, -0.15) is 5.10 Å². The van der Waals surface area contributed by atoms with Gasteiger partial charge in [-0.05, 0) is 12.1 Å². The van der Waals surface area contributed by atoms with Gasteiger partial charge in [-0.1, -0.05) is 6.07 Å². The lowest BCUT2D eigenvalue weighted by Crippen LogP contribution is -2.05. The van der Waals surface area contributed by atoms with E-state index in [1.807, 2.05) is 23.9 Å². The van der Waals surface area contributed by atoms with Gasteiger partial charge in [0.25, 0.3) is 5.69 Å². The third kappa shape index (κ3) is 1.85. The first kappa shape index (κ1) is 11.4. The largest absolute Gasteiger partial charge is 0.340 e. The lowest BCUT2D eigenvalue weighted by Gasteiger charge is -2.04. The van der Waals surface area contributed by atoms with Crippen molar-refractivity contribution in [2.75, 3.05) is 0 Å². The summed E-state index contributed by atoms with van der Waals surface area (Å²) in [7, 11) is 1.82. The molecule has 0 unspecified atom stereocenters. The Labute approximate surface area is 108 Å². The Morgan fingerprint density at radius 3 is 2.89 bits per heavy atom. The van der Waals surface area contributed by atoms with Gasteiger partial charge in [0.05, 0.1) is 22.4 Å². The number of rotatable bonds is 3. The summed E-state index contributed by atoms with van der Waals surface area (Å²) in [5.74, 6) is 0.795. The van der Waals surface area contributed by atoms with Crippen LogP contribution in [0, 0.1) is 10.1 Å². The van der Waals surface area contributed by atoms with Gasteiger partial charge in [0.1, 0.15) is 12.2 Å². The average molecular weight is 257 g/mol. The van der Waals surface area contributed by atoms with Crippen LogP contribution in [-0.2, 0) is 13.6 Å². The fourth-order valence-corrected chi connectivity index (χ4v) is 2.12. The molecular formula is C12H11N5O2. The van der Waals surface area contributed by atoms with Crippen LogP contribution in [0.25, 0.3) is 10.9 Å². The Balaban J connectivity index is 2.09. The Morgan fingerprint density at radius 2 is 2.21 bits per heavy atom. The number of aryl methyl sites for hydroxylation is 1. The summed E-state index contributed by atoms with van der Waals surface area (Å²) in [4.78, 5) is 14.8. The molecule has 0 bridgehead atoms. The standard InChI is InChI=1S/C12H11N5O2/c1-15-12(13-8-14-15)7-16-6-5-9-10(16)3-2-4-11(9)17(18)19/h2-6,8H,7H2,1H3. The second kappa shape index (κ2) is 4.20. The Bertz CT molecular complexity index is 758. The summed E-state index contributed by atoms with van der Waals surface area (Å²) in [6.07, 6.45) is 3.32. The molecule has 96 valence electrons. The predicted octanol–water partition coefficient (Wildman–Crippen LogP) is 1.73. The molecular weight excluding hydrogens is 246 g/mol. The minimum absolute atomic E-state index is 0.120. The number of nitro groups is 1. The molecule has 7 nitrogen and oxygen atoms in total. The number of non-ortho nitro benzene ring substituents is 1. The summed E-state index contributed by atoms with van der Waals surface area (Å²) < 4.78 is 3.61. The topological polar surface area (TPSA) is 78.8 Å². The number of nitro benzene ring substituents is 1. The van der Waals surface area contributed by atoms with E-state index in [-0.39, 0.29) is 10.6 Å². The number of benzene rings is 1. The molecule has 3 rings (SSSR count). The molecule has 7 heteroatoms. The van der Waals surface area contributed by atoms with Crippen molar-refractivity contribution in [3.05, 3.63) is 52.7 Å². The first-order valence-corrected chi connectivity index (χ1v) is 5.72.